The van der Waals surface area contributed by atoms with Gasteiger partial charge in [-0.3, -0.25) is 9.97 Å². The Morgan fingerprint density at radius 3 is 1.48 bits per heavy atom. The summed E-state index contributed by atoms with van der Waals surface area (Å²) >= 11 is 0. The molecular weight excluding hydrogens is 426 g/mol. The Morgan fingerprint density at radius 2 is 1.12 bits per heavy atom. The number of pyridine rings is 4. The Kier molecular flexibility index (Phi) is 6.00. The SMILES string of the molecule is COc1cc(-c2cccnc2F)nc(C(C)(C)c2cc(OC)cc(-c3cccnc3F)n2)c1. The fourth-order valence-electron chi connectivity index (χ4n) is 3.45. The molecule has 0 atom stereocenters. The first-order valence-corrected chi connectivity index (χ1v) is 10.2. The van der Waals surface area contributed by atoms with E-state index in [1.54, 1.807) is 48.5 Å². The maximum atomic E-state index is 14.4. The molecule has 0 saturated carbocycles. The molecule has 4 rings (SSSR count). The summed E-state index contributed by atoms with van der Waals surface area (Å²) in [7, 11) is 3.06. The van der Waals surface area contributed by atoms with Crippen LogP contribution in [0.4, 0.5) is 8.78 Å². The average Bonchev–Trinajstić information content (AvgIpc) is 2.84. The Hall–Kier alpha value is -3.94. The van der Waals surface area contributed by atoms with Crippen LogP contribution in [0.5, 0.6) is 11.5 Å². The van der Waals surface area contributed by atoms with E-state index >= 15 is 0 Å². The molecule has 33 heavy (non-hydrogen) atoms. The number of hydrogen-bond donors (Lipinski definition) is 0. The Balaban J connectivity index is 1.88. The molecule has 0 unspecified atom stereocenters. The van der Waals surface area contributed by atoms with Gasteiger partial charge in [0.25, 0.3) is 0 Å². The van der Waals surface area contributed by atoms with Crippen molar-refractivity contribution in [3.05, 3.63) is 84.2 Å². The first kappa shape index (κ1) is 22.3. The van der Waals surface area contributed by atoms with Crippen LogP contribution in [0.1, 0.15) is 25.2 Å². The number of hydrogen-bond acceptors (Lipinski definition) is 6. The van der Waals surface area contributed by atoms with Crippen LogP contribution in [0.2, 0.25) is 0 Å². The van der Waals surface area contributed by atoms with Crippen LogP contribution >= 0.6 is 0 Å². The summed E-state index contributed by atoms with van der Waals surface area (Å²) in [6.07, 6.45) is 2.76. The lowest BCUT2D eigenvalue weighted by molar-refractivity contribution is 0.409. The first-order chi connectivity index (χ1) is 15.8. The Bertz CT molecular complexity index is 1210. The van der Waals surface area contributed by atoms with Gasteiger partial charge in [-0.2, -0.15) is 8.78 Å². The number of aromatic nitrogens is 4. The Morgan fingerprint density at radius 1 is 0.697 bits per heavy atom. The fraction of sp³-hybridized carbons (Fsp3) is 0.200. The summed E-state index contributed by atoms with van der Waals surface area (Å²) < 4.78 is 39.7. The molecule has 0 saturated heterocycles. The van der Waals surface area contributed by atoms with Crippen LogP contribution in [0, 0.1) is 11.9 Å². The zero-order chi connectivity index (χ0) is 23.6. The highest BCUT2D eigenvalue weighted by molar-refractivity contribution is 5.63. The van der Waals surface area contributed by atoms with E-state index < -0.39 is 17.3 Å². The molecule has 0 aliphatic carbocycles. The van der Waals surface area contributed by atoms with E-state index in [0.29, 0.717) is 34.3 Å². The molecular formula is C25H22F2N4O2. The van der Waals surface area contributed by atoms with E-state index in [-0.39, 0.29) is 11.1 Å². The van der Waals surface area contributed by atoms with Gasteiger partial charge in [0.15, 0.2) is 0 Å². The molecule has 0 aromatic carbocycles. The van der Waals surface area contributed by atoms with Gasteiger partial charge in [0, 0.05) is 42.1 Å². The van der Waals surface area contributed by atoms with Crippen molar-refractivity contribution in [1.82, 2.24) is 19.9 Å². The standard InChI is InChI=1S/C25H22F2N4O2/c1-25(2,21-13-15(32-3)11-19(30-21)17-7-5-9-28-23(17)26)22-14-16(33-4)12-20(31-22)18-8-6-10-29-24(18)27/h5-14H,1-4H3. The van der Waals surface area contributed by atoms with Gasteiger partial charge in [-0.05, 0) is 38.1 Å². The van der Waals surface area contributed by atoms with E-state index in [1.807, 2.05) is 13.8 Å². The van der Waals surface area contributed by atoms with Gasteiger partial charge in [0.2, 0.25) is 11.9 Å². The highest BCUT2D eigenvalue weighted by Gasteiger charge is 2.29. The lowest BCUT2D eigenvalue weighted by Gasteiger charge is -2.26. The second-order valence-corrected chi connectivity index (χ2v) is 7.86. The Labute approximate surface area is 190 Å². The number of nitrogens with zero attached hydrogens (tertiary/aromatic N) is 4. The highest BCUT2D eigenvalue weighted by atomic mass is 19.1. The minimum Gasteiger partial charge on any atom is -0.497 e. The number of methoxy groups -OCH3 is 2. The van der Waals surface area contributed by atoms with Gasteiger partial charge in [0.1, 0.15) is 11.5 Å². The van der Waals surface area contributed by atoms with Crippen LogP contribution in [-0.2, 0) is 5.41 Å². The van der Waals surface area contributed by atoms with E-state index in [0.717, 1.165) is 0 Å². The number of ether oxygens (including phenoxy) is 2. The van der Waals surface area contributed by atoms with Crippen molar-refractivity contribution < 1.29 is 18.3 Å². The zero-order valence-electron chi connectivity index (χ0n) is 18.6. The van der Waals surface area contributed by atoms with Crippen molar-refractivity contribution in [3.8, 4) is 34.0 Å². The molecule has 0 N–H and O–H groups in total. The van der Waals surface area contributed by atoms with Crippen molar-refractivity contribution in [1.29, 1.82) is 0 Å². The van der Waals surface area contributed by atoms with Gasteiger partial charge in [-0.25, -0.2) is 9.97 Å². The lowest BCUT2D eigenvalue weighted by atomic mass is 9.84. The summed E-state index contributed by atoms with van der Waals surface area (Å²) in [5.41, 5.74) is 1.66. The molecule has 0 bridgehead atoms. The molecule has 0 amide bonds. The fourth-order valence-corrected chi connectivity index (χ4v) is 3.45. The minimum atomic E-state index is -0.774. The van der Waals surface area contributed by atoms with E-state index in [9.17, 15) is 8.78 Å². The molecule has 168 valence electrons. The van der Waals surface area contributed by atoms with Gasteiger partial charge in [0.05, 0.1) is 48.1 Å². The summed E-state index contributed by atoms with van der Waals surface area (Å²) in [5, 5.41) is 0. The average molecular weight is 448 g/mol. The predicted octanol–water partition coefficient (Wildman–Crippen LogP) is 5.22. The van der Waals surface area contributed by atoms with E-state index in [1.165, 1.54) is 26.6 Å². The quantitative estimate of drug-likeness (QED) is 0.377. The van der Waals surface area contributed by atoms with Gasteiger partial charge in [-0.15, -0.1) is 0 Å². The molecule has 0 aliphatic heterocycles. The maximum absolute atomic E-state index is 14.4. The van der Waals surface area contributed by atoms with Crippen molar-refractivity contribution in [2.24, 2.45) is 0 Å². The molecule has 0 fully saturated rings. The maximum Gasteiger partial charge on any atom is 0.222 e. The lowest BCUT2D eigenvalue weighted by Crippen LogP contribution is -2.23. The highest BCUT2D eigenvalue weighted by Crippen LogP contribution is 2.36. The van der Waals surface area contributed by atoms with Crippen molar-refractivity contribution >= 4 is 0 Å². The molecule has 4 aromatic rings. The van der Waals surface area contributed by atoms with Crippen LogP contribution in [0.15, 0.2) is 60.9 Å². The normalized spacial score (nSPS) is 11.3. The molecule has 8 heteroatoms. The zero-order valence-corrected chi connectivity index (χ0v) is 18.6. The second kappa shape index (κ2) is 8.90. The minimum absolute atomic E-state index is 0.255. The van der Waals surface area contributed by atoms with E-state index in [2.05, 4.69) is 9.97 Å². The summed E-state index contributed by atoms with van der Waals surface area (Å²) in [6, 6.07) is 13.3. The number of rotatable bonds is 6. The van der Waals surface area contributed by atoms with Crippen LogP contribution < -0.4 is 9.47 Å². The van der Waals surface area contributed by atoms with Crippen molar-refractivity contribution in [2.45, 2.75) is 19.3 Å². The van der Waals surface area contributed by atoms with Crippen molar-refractivity contribution in [3.63, 3.8) is 0 Å². The smallest absolute Gasteiger partial charge is 0.222 e. The van der Waals surface area contributed by atoms with Gasteiger partial charge >= 0.3 is 0 Å². The molecule has 0 aliphatic rings. The molecule has 0 spiro atoms. The monoisotopic (exact) mass is 448 g/mol. The summed E-state index contributed by atoms with van der Waals surface area (Å²) in [4.78, 5) is 16.9. The number of halogens is 2. The van der Waals surface area contributed by atoms with Gasteiger partial charge in [-0.1, -0.05) is 0 Å². The topological polar surface area (TPSA) is 70.0 Å². The molecule has 4 aromatic heterocycles. The molecule has 4 heterocycles. The first-order valence-electron chi connectivity index (χ1n) is 10.2. The largest absolute Gasteiger partial charge is 0.497 e. The van der Waals surface area contributed by atoms with Gasteiger partial charge < -0.3 is 9.47 Å². The molecule has 0 radical (unpaired) electrons. The third-order valence-corrected chi connectivity index (χ3v) is 5.42. The van der Waals surface area contributed by atoms with Crippen LogP contribution in [0.3, 0.4) is 0 Å². The van der Waals surface area contributed by atoms with Crippen molar-refractivity contribution in [2.75, 3.05) is 14.2 Å². The second-order valence-electron chi connectivity index (χ2n) is 7.86. The third kappa shape index (κ3) is 4.37. The van der Waals surface area contributed by atoms with Crippen LogP contribution in [-0.4, -0.2) is 34.2 Å². The third-order valence-electron chi connectivity index (χ3n) is 5.42. The summed E-state index contributed by atoms with van der Waals surface area (Å²) in [6.45, 7) is 3.84. The van der Waals surface area contributed by atoms with Crippen LogP contribution in [0.25, 0.3) is 22.5 Å². The summed E-state index contributed by atoms with van der Waals surface area (Å²) in [5.74, 6) is -0.243. The molecule has 6 nitrogen and oxygen atoms in total. The predicted molar refractivity (Wildman–Crippen MR) is 120 cm³/mol. The van der Waals surface area contributed by atoms with E-state index in [4.69, 9.17) is 19.4 Å².